The summed E-state index contributed by atoms with van der Waals surface area (Å²) >= 11 is 1.33. The van der Waals surface area contributed by atoms with E-state index in [0.29, 0.717) is 18.5 Å². The summed E-state index contributed by atoms with van der Waals surface area (Å²) in [5.41, 5.74) is 0.338. The monoisotopic (exact) mass is 445 g/mol. The molecule has 0 spiro atoms. The standard InChI is InChI=1S/C20H32FNO4S.C3H8/c1-7-9-16(15(21)10-11-17(23)26-20(4,5)6)22(8-2)18-13(3)14(12-27-18)19(24)25;1-3-2/h12,15-16H,7-11H2,1-6H3,(H,24,25);3H2,1-2H3. The topological polar surface area (TPSA) is 66.8 Å². The number of hydrogen-bond donors (Lipinski definition) is 1. The number of alkyl halides is 1. The maximum Gasteiger partial charge on any atom is 0.336 e. The molecule has 2 unspecified atom stereocenters. The quantitative estimate of drug-likeness (QED) is 0.410. The minimum atomic E-state index is -1.20. The summed E-state index contributed by atoms with van der Waals surface area (Å²) in [6.07, 6.45) is 1.59. The molecule has 2 atom stereocenters. The molecule has 0 aliphatic rings. The van der Waals surface area contributed by atoms with Crippen molar-refractivity contribution in [3.8, 4) is 0 Å². The Morgan fingerprint density at radius 1 is 1.20 bits per heavy atom. The molecule has 0 amide bonds. The van der Waals surface area contributed by atoms with Crippen molar-refractivity contribution < 1.29 is 23.8 Å². The Bertz CT molecular complexity index is 654. The van der Waals surface area contributed by atoms with Gasteiger partial charge in [0.2, 0.25) is 0 Å². The van der Waals surface area contributed by atoms with Gasteiger partial charge in [-0.15, -0.1) is 11.3 Å². The smallest absolute Gasteiger partial charge is 0.336 e. The third-order valence-electron chi connectivity index (χ3n) is 4.29. The molecule has 30 heavy (non-hydrogen) atoms. The molecular formula is C23H40FNO4S. The second-order valence-electron chi connectivity index (χ2n) is 8.37. The van der Waals surface area contributed by atoms with Gasteiger partial charge in [0.25, 0.3) is 0 Å². The van der Waals surface area contributed by atoms with Crippen molar-refractivity contribution in [3.63, 3.8) is 0 Å². The Balaban J connectivity index is 0.00000263. The molecule has 1 aromatic heterocycles. The lowest BCUT2D eigenvalue weighted by atomic mass is 10.0. The van der Waals surface area contributed by atoms with Crippen LogP contribution >= 0.6 is 11.3 Å². The number of carbonyl (C=O) groups excluding carboxylic acids is 1. The van der Waals surface area contributed by atoms with E-state index in [1.165, 1.54) is 17.8 Å². The van der Waals surface area contributed by atoms with Gasteiger partial charge in [0.1, 0.15) is 11.8 Å². The number of nitrogens with zero attached hydrogens (tertiary/aromatic N) is 1. The van der Waals surface area contributed by atoms with Gasteiger partial charge in [0.05, 0.1) is 16.6 Å². The van der Waals surface area contributed by atoms with Crippen LogP contribution in [0.1, 0.15) is 96.5 Å². The molecule has 0 saturated heterocycles. The first-order valence-corrected chi connectivity index (χ1v) is 11.7. The number of halogens is 1. The van der Waals surface area contributed by atoms with Gasteiger partial charge >= 0.3 is 11.9 Å². The van der Waals surface area contributed by atoms with E-state index in [-0.39, 0.29) is 18.4 Å². The van der Waals surface area contributed by atoms with Crippen LogP contribution in [0.5, 0.6) is 0 Å². The Kier molecular flexibility index (Phi) is 12.9. The Morgan fingerprint density at radius 2 is 1.77 bits per heavy atom. The van der Waals surface area contributed by atoms with Crippen LogP contribution < -0.4 is 4.90 Å². The molecule has 0 aromatic carbocycles. The van der Waals surface area contributed by atoms with E-state index in [2.05, 4.69) is 13.8 Å². The van der Waals surface area contributed by atoms with Crippen molar-refractivity contribution in [2.75, 3.05) is 11.4 Å². The van der Waals surface area contributed by atoms with Crippen LogP contribution in [0.2, 0.25) is 0 Å². The first-order valence-electron chi connectivity index (χ1n) is 10.9. The fourth-order valence-corrected chi connectivity index (χ4v) is 4.29. The lowest BCUT2D eigenvalue weighted by molar-refractivity contribution is -0.155. The largest absolute Gasteiger partial charge is 0.478 e. The number of anilines is 1. The molecule has 1 rings (SSSR count). The summed E-state index contributed by atoms with van der Waals surface area (Å²) in [6.45, 7) is 15.9. The minimum absolute atomic E-state index is 0.0278. The molecule has 174 valence electrons. The normalized spacial score (nSPS) is 13.1. The summed E-state index contributed by atoms with van der Waals surface area (Å²) < 4.78 is 20.4. The molecule has 0 fully saturated rings. The number of rotatable bonds is 10. The number of carbonyl (C=O) groups is 2. The zero-order chi connectivity index (χ0) is 23.5. The van der Waals surface area contributed by atoms with Crippen molar-refractivity contribution in [1.29, 1.82) is 0 Å². The highest BCUT2D eigenvalue weighted by Gasteiger charge is 2.30. The van der Waals surface area contributed by atoms with Crippen molar-refractivity contribution in [3.05, 3.63) is 16.5 Å². The van der Waals surface area contributed by atoms with E-state index in [4.69, 9.17) is 4.74 Å². The van der Waals surface area contributed by atoms with Gasteiger partial charge in [-0.1, -0.05) is 33.6 Å². The van der Waals surface area contributed by atoms with Gasteiger partial charge in [-0.2, -0.15) is 0 Å². The fourth-order valence-electron chi connectivity index (χ4n) is 3.10. The average molecular weight is 446 g/mol. The molecule has 5 nitrogen and oxygen atoms in total. The molecule has 0 aliphatic heterocycles. The summed E-state index contributed by atoms with van der Waals surface area (Å²) in [6, 6.07) is -0.401. The number of esters is 1. The summed E-state index contributed by atoms with van der Waals surface area (Å²) in [5, 5.41) is 11.7. The van der Waals surface area contributed by atoms with Gasteiger partial charge in [-0.3, -0.25) is 4.79 Å². The van der Waals surface area contributed by atoms with Crippen molar-refractivity contribution in [2.45, 2.75) is 105 Å². The number of aromatic carboxylic acids is 1. The predicted molar refractivity (Wildman–Crippen MR) is 124 cm³/mol. The molecular weight excluding hydrogens is 405 g/mol. The highest BCUT2D eigenvalue weighted by atomic mass is 32.1. The number of carboxylic acids is 1. The van der Waals surface area contributed by atoms with Crippen molar-refractivity contribution >= 4 is 28.3 Å². The van der Waals surface area contributed by atoms with Gasteiger partial charge in [0, 0.05) is 18.3 Å². The summed E-state index contributed by atoms with van der Waals surface area (Å²) in [7, 11) is 0. The van der Waals surface area contributed by atoms with E-state index >= 15 is 4.39 Å². The molecule has 1 heterocycles. The van der Waals surface area contributed by atoms with Gasteiger partial charge in [-0.05, 0) is 53.0 Å². The molecule has 0 saturated carbocycles. The van der Waals surface area contributed by atoms with Crippen LogP contribution in [0.3, 0.4) is 0 Å². The Labute approximate surface area is 185 Å². The minimum Gasteiger partial charge on any atom is -0.478 e. The van der Waals surface area contributed by atoms with E-state index in [0.717, 1.165) is 11.4 Å². The van der Waals surface area contributed by atoms with Crippen LogP contribution in [0.4, 0.5) is 9.39 Å². The number of hydrogen-bond acceptors (Lipinski definition) is 5. The lowest BCUT2D eigenvalue weighted by Crippen LogP contribution is -2.42. The molecule has 0 bridgehead atoms. The highest BCUT2D eigenvalue weighted by Crippen LogP contribution is 2.35. The van der Waals surface area contributed by atoms with E-state index in [1.807, 2.05) is 18.7 Å². The second kappa shape index (κ2) is 13.6. The van der Waals surface area contributed by atoms with Gasteiger partial charge in [0.15, 0.2) is 0 Å². The first kappa shape index (κ1) is 28.4. The molecule has 7 heteroatoms. The molecule has 0 aliphatic carbocycles. The first-order chi connectivity index (χ1) is 13.9. The molecule has 1 aromatic rings. The summed E-state index contributed by atoms with van der Waals surface area (Å²) in [4.78, 5) is 25.2. The van der Waals surface area contributed by atoms with E-state index in [9.17, 15) is 14.7 Å². The number of carboxylic acid groups (broad SMARTS) is 1. The zero-order valence-corrected chi connectivity index (χ0v) is 20.7. The Morgan fingerprint density at radius 3 is 2.17 bits per heavy atom. The van der Waals surface area contributed by atoms with Gasteiger partial charge < -0.3 is 14.7 Å². The number of thiophene rings is 1. The molecule has 0 radical (unpaired) electrons. The average Bonchev–Trinajstić information content (AvgIpc) is 3.00. The van der Waals surface area contributed by atoms with Gasteiger partial charge in [-0.25, -0.2) is 9.18 Å². The fraction of sp³-hybridized carbons (Fsp3) is 0.739. The molecule has 1 N–H and O–H groups in total. The van der Waals surface area contributed by atoms with Crippen molar-refractivity contribution in [1.82, 2.24) is 0 Å². The number of ether oxygens (including phenoxy) is 1. The third kappa shape index (κ3) is 9.45. The maximum absolute atomic E-state index is 15.1. The maximum atomic E-state index is 15.1. The predicted octanol–water partition coefficient (Wildman–Crippen LogP) is 6.63. The zero-order valence-electron chi connectivity index (χ0n) is 19.9. The van der Waals surface area contributed by atoms with E-state index < -0.39 is 29.8 Å². The van der Waals surface area contributed by atoms with Crippen LogP contribution in [0.25, 0.3) is 0 Å². The third-order valence-corrected chi connectivity index (χ3v) is 5.41. The van der Waals surface area contributed by atoms with E-state index in [1.54, 1.807) is 33.1 Å². The van der Waals surface area contributed by atoms with Crippen LogP contribution in [-0.4, -0.2) is 41.4 Å². The lowest BCUT2D eigenvalue weighted by Gasteiger charge is -2.34. The van der Waals surface area contributed by atoms with Crippen LogP contribution in [-0.2, 0) is 9.53 Å². The SMILES string of the molecule is CCC.CCCC(C(F)CCC(=O)OC(C)(C)C)N(CC)c1scc(C(=O)O)c1C. The van der Waals surface area contributed by atoms with Crippen LogP contribution in [0.15, 0.2) is 5.38 Å². The summed E-state index contributed by atoms with van der Waals surface area (Å²) in [5.74, 6) is -1.37. The second-order valence-corrected chi connectivity index (χ2v) is 9.23. The Hall–Kier alpha value is -1.63. The van der Waals surface area contributed by atoms with Crippen LogP contribution in [0, 0.1) is 6.92 Å². The van der Waals surface area contributed by atoms with Crippen molar-refractivity contribution in [2.24, 2.45) is 0 Å². The highest BCUT2D eigenvalue weighted by molar-refractivity contribution is 7.14.